The first-order chi connectivity index (χ1) is 6.70. The van der Waals surface area contributed by atoms with Crippen LogP contribution in [0.25, 0.3) is 0 Å². The van der Waals surface area contributed by atoms with E-state index in [1.54, 1.807) is 0 Å². The van der Waals surface area contributed by atoms with Gasteiger partial charge in [-0.25, -0.2) is 0 Å². The lowest BCUT2D eigenvalue weighted by molar-refractivity contribution is -0.142. The molecule has 0 aliphatic heterocycles. The third-order valence-corrected chi connectivity index (χ3v) is 3.95. The summed E-state index contributed by atoms with van der Waals surface area (Å²) in [5, 5.41) is 0. The van der Waals surface area contributed by atoms with Crippen LogP contribution in [0.1, 0.15) is 32.1 Å². The molecule has 2 fully saturated rings. The molecule has 3 nitrogen and oxygen atoms in total. The molecule has 2 bridgehead atoms. The van der Waals surface area contributed by atoms with Gasteiger partial charge >= 0.3 is 5.97 Å². The van der Waals surface area contributed by atoms with E-state index < -0.39 is 6.04 Å². The molecule has 0 saturated heterocycles. The monoisotopic (exact) mass is 197 g/mol. The van der Waals surface area contributed by atoms with Gasteiger partial charge in [-0.15, -0.1) is 0 Å². The van der Waals surface area contributed by atoms with Crippen LogP contribution in [0.4, 0.5) is 0 Å². The molecular formula is C11H19NO2. The normalized spacial score (nSPS) is 37.1. The molecule has 0 radical (unpaired) electrons. The van der Waals surface area contributed by atoms with Gasteiger partial charge in [0.05, 0.1) is 7.11 Å². The van der Waals surface area contributed by atoms with E-state index in [1.807, 2.05) is 0 Å². The Morgan fingerprint density at radius 1 is 1.50 bits per heavy atom. The first-order valence-corrected chi connectivity index (χ1v) is 5.54. The zero-order chi connectivity index (χ0) is 10.1. The molecule has 2 aliphatic rings. The molecule has 2 rings (SSSR count). The van der Waals surface area contributed by atoms with Crippen LogP contribution in [0.5, 0.6) is 0 Å². The van der Waals surface area contributed by atoms with Crippen molar-refractivity contribution in [2.24, 2.45) is 23.5 Å². The van der Waals surface area contributed by atoms with E-state index in [9.17, 15) is 4.79 Å². The fourth-order valence-corrected chi connectivity index (χ4v) is 3.24. The summed E-state index contributed by atoms with van der Waals surface area (Å²) >= 11 is 0. The Bertz CT molecular complexity index is 229. The highest BCUT2D eigenvalue weighted by Crippen LogP contribution is 2.49. The summed E-state index contributed by atoms with van der Waals surface area (Å²) in [7, 11) is 1.41. The summed E-state index contributed by atoms with van der Waals surface area (Å²) in [5.74, 6) is 2.20. The van der Waals surface area contributed by atoms with Gasteiger partial charge in [-0.05, 0) is 43.4 Å². The summed E-state index contributed by atoms with van der Waals surface area (Å²) in [5.41, 5.74) is 5.76. The number of nitrogens with two attached hydrogens (primary N) is 1. The molecule has 2 aliphatic carbocycles. The standard InChI is InChI=1S/C11H19NO2/c1-14-11(13)10(12)6-9-5-7-2-3-8(9)4-7/h7-10H,2-6,12H2,1H3. The van der Waals surface area contributed by atoms with Gasteiger partial charge in [-0.2, -0.15) is 0 Å². The Hall–Kier alpha value is -0.570. The Labute approximate surface area is 85.0 Å². The molecule has 4 atom stereocenters. The van der Waals surface area contributed by atoms with Crippen LogP contribution in [0.3, 0.4) is 0 Å². The Balaban J connectivity index is 1.83. The molecule has 14 heavy (non-hydrogen) atoms. The van der Waals surface area contributed by atoms with Crippen molar-refractivity contribution in [2.75, 3.05) is 7.11 Å². The Morgan fingerprint density at radius 3 is 2.79 bits per heavy atom. The van der Waals surface area contributed by atoms with Gasteiger partial charge < -0.3 is 10.5 Å². The van der Waals surface area contributed by atoms with Crippen LogP contribution in [0.2, 0.25) is 0 Å². The van der Waals surface area contributed by atoms with Crippen molar-refractivity contribution in [3.63, 3.8) is 0 Å². The van der Waals surface area contributed by atoms with Crippen molar-refractivity contribution in [2.45, 2.75) is 38.1 Å². The molecule has 0 heterocycles. The zero-order valence-electron chi connectivity index (χ0n) is 8.74. The minimum absolute atomic E-state index is 0.257. The minimum atomic E-state index is -0.399. The van der Waals surface area contributed by atoms with E-state index in [0.29, 0.717) is 5.92 Å². The Kier molecular flexibility index (Phi) is 2.77. The van der Waals surface area contributed by atoms with E-state index in [4.69, 9.17) is 5.73 Å². The maximum Gasteiger partial charge on any atom is 0.322 e. The highest BCUT2D eigenvalue weighted by atomic mass is 16.5. The average Bonchev–Trinajstić information content (AvgIpc) is 2.77. The van der Waals surface area contributed by atoms with E-state index in [1.165, 1.54) is 32.8 Å². The Morgan fingerprint density at radius 2 is 2.29 bits per heavy atom. The first-order valence-electron chi connectivity index (χ1n) is 5.54. The third kappa shape index (κ3) is 1.78. The zero-order valence-corrected chi connectivity index (χ0v) is 8.74. The molecule has 4 unspecified atom stereocenters. The maximum absolute atomic E-state index is 11.2. The second kappa shape index (κ2) is 3.89. The molecule has 2 N–H and O–H groups in total. The van der Waals surface area contributed by atoms with E-state index >= 15 is 0 Å². The molecule has 0 spiro atoms. The number of fused-ring (bicyclic) bond motifs is 2. The smallest absolute Gasteiger partial charge is 0.322 e. The van der Waals surface area contributed by atoms with Crippen LogP contribution in [-0.4, -0.2) is 19.1 Å². The van der Waals surface area contributed by atoms with Crippen LogP contribution >= 0.6 is 0 Å². The summed E-state index contributed by atoms with van der Waals surface area (Å²) in [4.78, 5) is 11.2. The number of carbonyl (C=O) groups is 1. The van der Waals surface area contributed by atoms with Crippen LogP contribution in [-0.2, 0) is 9.53 Å². The SMILES string of the molecule is COC(=O)C(N)CC1CC2CCC1C2. The van der Waals surface area contributed by atoms with Gasteiger partial charge in [0.2, 0.25) is 0 Å². The molecule has 80 valence electrons. The fourth-order valence-electron chi connectivity index (χ4n) is 3.24. The molecule has 0 aromatic heterocycles. The predicted molar refractivity (Wildman–Crippen MR) is 53.5 cm³/mol. The lowest BCUT2D eigenvalue weighted by atomic mass is 9.84. The van der Waals surface area contributed by atoms with Gasteiger partial charge in [-0.1, -0.05) is 6.42 Å². The van der Waals surface area contributed by atoms with Gasteiger partial charge in [0.1, 0.15) is 6.04 Å². The second-order valence-corrected chi connectivity index (χ2v) is 4.80. The molecule has 0 amide bonds. The largest absolute Gasteiger partial charge is 0.468 e. The highest BCUT2D eigenvalue weighted by molar-refractivity contribution is 5.75. The number of methoxy groups -OCH3 is 1. The van der Waals surface area contributed by atoms with Crippen molar-refractivity contribution in [1.29, 1.82) is 0 Å². The molecule has 2 saturated carbocycles. The predicted octanol–water partition coefficient (Wildman–Crippen LogP) is 1.31. The molecular weight excluding hydrogens is 178 g/mol. The molecule has 0 aromatic carbocycles. The molecule has 3 heteroatoms. The topological polar surface area (TPSA) is 52.3 Å². The fraction of sp³-hybridized carbons (Fsp3) is 0.909. The lowest BCUT2D eigenvalue weighted by Gasteiger charge is -2.23. The number of hydrogen-bond acceptors (Lipinski definition) is 3. The maximum atomic E-state index is 11.2. The number of esters is 1. The number of ether oxygens (including phenoxy) is 1. The quantitative estimate of drug-likeness (QED) is 0.694. The van der Waals surface area contributed by atoms with Crippen LogP contribution < -0.4 is 5.73 Å². The van der Waals surface area contributed by atoms with Crippen molar-refractivity contribution < 1.29 is 9.53 Å². The van der Waals surface area contributed by atoms with Crippen LogP contribution in [0.15, 0.2) is 0 Å². The van der Waals surface area contributed by atoms with Gasteiger partial charge in [0.15, 0.2) is 0 Å². The number of hydrogen-bond donors (Lipinski definition) is 1. The summed E-state index contributed by atoms with van der Waals surface area (Å²) in [6.07, 6.45) is 6.24. The van der Waals surface area contributed by atoms with Crippen molar-refractivity contribution in [3.05, 3.63) is 0 Å². The highest BCUT2D eigenvalue weighted by Gasteiger charge is 2.40. The third-order valence-electron chi connectivity index (χ3n) is 3.95. The minimum Gasteiger partial charge on any atom is -0.468 e. The lowest BCUT2D eigenvalue weighted by Crippen LogP contribution is -2.34. The summed E-state index contributed by atoms with van der Waals surface area (Å²) < 4.78 is 4.64. The van der Waals surface area contributed by atoms with Gasteiger partial charge in [-0.3, -0.25) is 4.79 Å². The molecule has 0 aromatic rings. The van der Waals surface area contributed by atoms with E-state index in [2.05, 4.69) is 4.74 Å². The van der Waals surface area contributed by atoms with E-state index in [-0.39, 0.29) is 5.97 Å². The first kappa shape index (κ1) is 9.97. The van der Waals surface area contributed by atoms with Gasteiger partial charge in [0, 0.05) is 0 Å². The average molecular weight is 197 g/mol. The van der Waals surface area contributed by atoms with E-state index in [0.717, 1.165) is 18.3 Å². The second-order valence-electron chi connectivity index (χ2n) is 4.80. The number of rotatable bonds is 3. The van der Waals surface area contributed by atoms with Crippen LogP contribution in [0, 0.1) is 17.8 Å². The van der Waals surface area contributed by atoms with Gasteiger partial charge in [0.25, 0.3) is 0 Å². The van der Waals surface area contributed by atoms with Crippen molar-refractivity contribution in [1.82, 2.24) is 0 Å². The summed E-state index contributed by atoms with van der Waals surface area (Å²) in [6.45, 7) is 0. The van der Waals surface area contributed by atoms with Crippen molar-refractivity contribution in [3.8, 4) is 0 Å². The summed E-state index contributed by atoms with van der Waals surface area (Å²) in [6, 6.07) is -0.399. The van der Waals surface area contributed by atoms with Crippen molar-refractivity contribution >= 4 is 5.97 Å². The number of carbonyl (C=O) groups excluding carboxylic acids is 1.